The van der Waals surface area contributed by atoms with E-state index in [9.17, 15) is 13.6 Å². The summed E-state index contributed by atoms with van der Waals surface area (Å²) in [5.41, 5.74) is 1.47. The summed E-state index contributed by atoms with van der Waals surface area (Å²) in [5.74, 6) is -0.696. The monoisotopic (exact) mass is 460 g/mol. The van der Waals surface area contributed by atoms with Crippen molar-refractivity contribution in [3.63, 3.8) is 0 Å². The van der Waals surface area contributed by atoms with Crippen molar-refractivity contribution in [3.05, 3.63) is 64.7 Å². The summed E-state index contributed by atoms with van der Waals surface area (Å²) in [5, 5.41) is 5.22. The first kappa shape index (κ1) is 22.2. The molecule has 1 saturated heterocycles. The van der Waals surface area contributed by atoms with Gasteiger partial charge in [0, 0.05) is 30.2 Å². The molecule has 1 aliphatic heterocycles. The van der Waals surface area contributed by atoms with Crippen LogP contribution in [0.3, 0.4) is 0 Å². The van der Waals surface area contributed by atoms with Crippen LogP contribution in [0.15, 0.2) is 41.8 Å². The molecule has 0 aliphatic carbocycles. The summed E-state index contributed by atoms with van der Waals surface area (Å²) in [6.45, 7) is 1.19. The van der Waals surface area contributed by atoms with Gasteiger partial charge in [0.05, 0.1) is 13.2 Å². The molecule has 1 unspecified atom stereocenters. The van der Waals surface area contributed by atoms with Crippen LogP contribution in [0.4, 0.5) is 8.78 Å². The Balaban J connectivity index is 1.42. The molecule has 6 nitrogen and oxygen atoms in total. The fourth-order valence-electron chi connectivity index (χ4n) is 3.39. The van der Waals surface area contributed by atoms with Crippen molar-refractivity contribution in [1.29, 1.82) is 0 Å². The molecule has 2 aromatic carbocycles. The van der Waals surface area contributed by atoms with Crippen LogP contribution in [-0.2, 0) is 11.3 Å². The van der Waals surface area contributed by atoms with Crippen LogP contribution in [-0.4, -0.2) is 37.3 Å². The molecular weight excluding hydrogens is 438 g/mol. The highest BCUT2D eigenvalue weighted by Gasteiger charge is 2.18. The Bertz CT molecular complexity index is 1080. The van der Waals surface area contributed by atoms with E-state index in [-0.39, 0.29) is 18.6 Å². The van der Waals surface area contributed by atoms with E-state index in [0.717, 1.165) is 31.1 Å². The molecular formula is C23H22F2N2O4S. The van der Waals surface area contributed by atoms with Gasteiger partial charge >= 0.3 is 0 Å². The predicted molar refractivity (Wildman–Crippen MR) is 116 cm³/mol. The topological polar surface area (TPSA) is 69.7 Å². The van der Waals surface area contributed by atoms with E-state index in [4.69, 9.17) is 14.2 Å². The number of halogens is 2. The lowest BCUT2D eigenvalue weighted by Crippen LogP contribution is -2.31. The quantitative estimate of drug-likeness (QED) is 0.533. The minimum atomic E-state index is -0.662. The maximum atomic E-state index is 13.4. The molecule has 32 heavy (non-hydrogen) atoms. The summed E-state index contributed by atoms with van der Waals surface area (Å²) in [6, 6.07) is 8.47. The van der Waals surface area contributed by atoms with Gasteiger partial charge in [0.15, 0.2) is 11.5 Å². The second kappa shape index (κ2) is 10.1. The fraction of sp³-hybridized carbons (Fsp3) is 0.304. The number of aromatic nitrogens is 1. The molecule has 168 valence electrons. The van der Waals surface area contributed by atoms with Crippen LogP contribution in [0.25, 0.3) is 10.6 Å². The maximum absolute atomic E-state index is 13.4. The lowest BCUT2D eigenvalue weighted by Gasteiger charge is -2.12. The van der Waals surface area contributed by atoms with Crippen LogP contribution in [0.5, 0.6) is 11.5 Å². The van der Waals surface area contributed by atoms with Gasteiger partial charge in [-0.25, -0.2) is 13.8 Å². The van der Waals surface area contributed by atoms with Crippen molar-refractivity contribution >= 4 is 17.2 Å². The van der Waals surface area contributed by atoms with Gasteiger partial charge in [0.2, 0.25) is 0 Å². The lowest BCUT2D eigenvalue weighted by molar-refractivity contribution is 0.0854. The Labute approximate surface area is 188 Å². The van der Waals surface area contributed by atoms with Gasteiger partial charge in [0.1, 0.15) is 28.9 Å². The van der Waals surface area contributed by atoms with Crippen LogP contribution >= 0.6 is 11.3 Å². The number of ether oxygens (including phenoxy) is 3. The SMILES string of the molecule is COc1cc(-c2nc(C(=O)NCC3CCCO3)cs2)ccc1OCc1cc(F)cc(F)c1. The molecule has 0 saturated carbocycles. The van der Waals surface area contributed by atoms with E-state index in [1.807, 2.05) is 0 Å². The molecule has 0 spiro atoms. The van der Waals surface area contributed by atoms with E-state index in [0.29, 0.717) is 34.3 Å². The third kappa shape index (κ3) is 5.41. The lowest BCUT2D eigenvalue weighted by atomic mass is 10.2. The molecule has 3 aromatic rings. The van der Waals surface area contributed by atoms with Gasteiger partial charge in [-0.3, -0.25) is 4.79 Å². The molecule has 1 fully saturated rings. The molecule has 9 heteroatoms. The molecule has 4 rings (SSSR count). The van der Waals surface area contributed by atoms with Crippen molar-refractivity contribution in [2.45, 2.75) is 25.6 Å². The van der Waals surface area contributed by atoms with Gasteiger partial charge in [-0.1, -0.05) is 0 Å². The average Bonchev–Trinajstić information content (AvgIpc) is 3.47. The first-order valence-corrected chi connectivity index (χ1v) is 11.0. The zero-order valence-electron chi connectivity index (χ0n) is 17.4. The van der Waals surface area contributed by atoms with Crippen molar-refractivity contribution in [2.75, 3.05) is 20.3 Å². The standard InChI is InChI=1S/C23H22F2N2O4S/c1-29-21-9-15(4-5-20(21)31-12-14-7-16(24)10-17(25)8-14)23-27-19(13-32-23)22(28)26-11-18-3-2-6-30-18/h4-5,7-10,13,18H,2-3,6,11-12H2,1H3,(H,26,28). The molecule has 1 aliphatic rings. The number of nitrogens with one attached hydrogen (secondary N) is 1. The highest BCUT2D eigenvalue weighted by Crippen LogP contribution is 2.34. The number of thiazole rings is 1. The van der Waals surface area contributed by atoms with Gasteiger partial charge in [-0.2, -0.15) is 0 Å². The van der Waals surface area contributed by atoms with Gasteiger partial charge in [-0.15, -0.1) is 11.3 Å². The summed E-state index contributed by atoms with van der Waals surface area (Å²) in [4.78, 5) is 16.8. The van der Waals surface area contributed by atoms with Gasteiger partial charge in [0.25, 0.3) is 5.91 Å². The third-order valence-electron chi connectivity index (χ3n) is 4.98. The Morgan fingerprint density at radius 2 is 2.03 bits per heavy atom. The van der Waals surface area contributed by atoms with Crippen molar-refractivity contribution in [1.82, 2.24) is 10.3 Å². The predicted octanol–water partition coefficient (Wildman–Crippen LogP) is 4.58. The normalized spacial score (nSPS) is 15.5. The van der Waals surface area contributed by atoms with E-state index in [1.165, 1.54) is 30.6 Å². The first-order chi connectivity index (χ1) is 15.5. The molecule has 1 N–H and O–H groups in total. The highest BCUT2D eigenvalue weighted by atomic mass is 32.1. The number of carbonyl (C=O) groups excluding carboxylic acids is 1. The molecule has 2 heterocycles. The minimum absolute atomic E-state index is 0.0172. The Morgan fingerprint density at radius 3 is 2.75 bits per heavy atom. The molecule has 0 bridgehead atoms. The number of benzene rings is 2. The average molecular weight is 461 g/mol. The number of methoxy groups -OCH3 is 1. The van der Waals surface area contributed by atoms with Crippen LogP contribution in [0.1, 0.15) is 28.9 Å². The fourth-order valence-corrected chi connectivity index (χ4v) is 4.19. The van der Waals surface area contributed by atoms with Gasteiger partial charge in [-0.05, 0) is 48.7 Å². The smallest absolute Gasteiger partial charge is 0.270 e. The Hall–Kier alpha value is -3.04. The second-order valence-electron chi connectivity index (χ2n) is 7.31. The van der Waals surface area contributed by atoms with E-state index in [2.05, 4.69) is 10.3 Å². The van der Waals surface area contributed by atoms with Crippen LogP contribution in [0, 0.1) is 11.6 Å². The molecule has 1 atom stereocenters. The minimum Gasteiger partial charge on any atom is -0.493 e. The molecule has 1 amide bonds. The molecule has 1 aromatic heterocycles. The summed E-state index contributed by atoms with van der Waals surface area (Å²) in [6.07, 6.45) is 2.03. The Kier molecular flexibility index (Phi) is 6.96. The summed E-state index contributed by atoms with van der Waals surface area (Å²) < 4.78 is 43.3. The highest BCUT2D eigenvalue weighted by molar-refractivity contribution is 7.13. The largest absolute Gasteiger partial charge is 0.493 e. The number of hydrogen-bond donors (Lipinski definition) is 1. The Morgan fingerprint density at radius 1 is 1.22 bits per heavy atom. The summed E-state index contributed by atoms with van der Waals surface area (Å²) >= 11 is 1.34. The second-order valence-corrected chi connectivity index (χ2v) is 8.17. The first-order valence-electron chi connectivity index (χ1n) is 10.1. The van der Waals surface area contributed by atoms with E-state index >= 15 is 0 Å². The van der Waals surface area contributed by atoms with Crippen molar-refractivity contribution in [2.24, 2.45) is 0 Å². The number of nitrogens with zero attached hydrogens (tertiary/aromatic N) is 1. The molecule has 0 radical (unpaired) electrons. The number of amides is 1. The number of hydrogen-bond acceptors (Lipinski definition) is 6. The third-order valence-corrected chi connectivity index (χ3v) is 5.87. The zero-order chi connectivity index (χ0) is 22.5. The van der Waals surface area contributed by atoms with E-state index in [1.54, 1.807) is 23.6 Å². The van der Waals surface area contributed by atoms with Crippen molar-refractivity contribution < 1.29 is 27.8 Å². The van der Waals surface area contributed by atoms with Crippen LogP contribution in [0.2, 0.25) is 0 Å². The number of rotatable bonds is 8. The van der Waals surface area contributed by atoms with Crippen LogP contribution < -0.4 is 14.8 Å². The zero-order valence-corrected chi connectivity index (χ0v) is 18.2. The summed E-state index contributed by atoms with van der Waals surface area (Å²) in [7, 11) is 1.50. The van der Waals surface area contributed by atoms with Crippen molar-refractivity contribution in [3.8, 4) is 22.1 Å². The van der Waals surface area contributed by atoms with Gasteiger partial charge < -0.3 is 19.5 Å². The van der Waals surface area contributed by atoms with E-state index < -0.39 is 11.6 Å². The maximum Gasteiger partial charge on any atom is 0.270 e. The number of carbonyl (C=O) groups is 1.